The summed E-state index contributed by atoms with van der Waals surface area (Å²) in [4.78, 5) is 42.1. The molecule has 0 saturated carbocycles. The molecular weight excluding hydrogens is 517 g/mol. The van der Waals surface area contributed by atoms with E-state index in [2.05, 4.69) is 10.3 Å². The first-order valence-electron chi connectivity index (χ1n) is 12.5. The number of alkyl halides is 3. The third kappa shape index (κ3) is 8.59. The van der Waals surface area contributed by atoms with Crippen molar-refractivity contribution in [1.82, 2.24) is 20.5 Å². The SMILES string of the molecule is Cc1ccc(C(Oc2ccc(C(=O)N[C@@H]3CCN(C(=O)OC(C)(C)C)C3)nc2)C(C)NC(=O)C(F)(F)F)cc1. The monoisotopic (exact) mass is 550 g/mol. The van der Waals surface area contributed by atoms with E-state index in [4.69, 9.17) is 9.47 Å². The number of aryl methyl sites for hydroxylation is 1. The lowest BCUT2D eigenvalue weighted by atomic mass is 10.0. The van der Waals surface area contributed by atoms with E-state index in [0.29, 0.717) is 25.1 Å². The zero-order valence-corrected chi connectivity index (χ0v) is 22.5. The summed E-state index contributed by atoms with van der Waals surface area (Å²) in [5, 5.41) is 4.78. The van der Waals surface area contributed by atoms with Gasteiger partial charge in [-0.1, -0.05) is 29.8 Å². The molecule has 3 rings (SSSR count). The summed E-state index contributed by atoms with van der Waals surface area (Å²) in [6.45, 7) is 9.37. The van der Waals surface area contributed by atoms with Gasteiger partial charge in [0.25, 0.3) is 5.91 Å². The third-order valence-corrected chi connectivity index (χ3v) is 5.88. The van der Waals surface area contributed by atoms with Crippen LogP contribution in [0.15, 0.2) is 42.6 Å². The maximum absolute atomic E-state index is 12.8. The van der Waals surface area contributed by atoms with Crippen molar-refractivity contribution in [1.29, 1.82) is 0 Å². The number of aromatic nitrogens is 1. The van der Waals surface area contributed by atoms with Crippen LogP contribution in [-0.4, -0.2) is 64.7 Å². The summed E-state index contributed by atoms with van der Waals surface area (Å²) in [5.41, 5.74) is 0.973. The normalized spacial score (nSPS) is 17.2. The maximum atomic E-state index is 12.8. The topological polar surface area (TPSA) is 110 Å². The van der Waals surface area contributed by atoms with Crippen LogP contribution in [0.25, 0.3) is 0 Å². The minimum absolute atomic E-state index is 0.100. The highest BCUT2D eigenvalue weighted by molar-refractivity contribution is 5.92. The molecule has 0 radical (unpaired) electrons. The molecule has 12 heteroatoms. The highest BCUT2D eigenvalue weighted by Gasteiger charge is 2.40. The van der Waals surface area contributed by atoms with Crippen molar-refractivity contribution in [2.75, 3.05) is 13.1 Å². The van der Waals surface area contributed by atoms with Crippen molar-refractivity contribution < 1.29 is 37.0 Å². The Bertz CT molecular complexity index is 1160. The summed E-state index contributed by atoms with van der Waals surface area (Å²) in [6.07, 6.45) is -4.59. The summed E-state index contributed by atoms with van der Waals surface area (Å²) in [7, 11) is 0. The molecule has 2 aromatic rings. The Morgan fingerprint density at radius 3 is 2.31 bits per heavy atom. The minimum Gasteiger partial charge on any atom is -0.482 e. The van der Waals surface area contributed by atoms with Crippen molar-refractivity contribution in [3.63, 3.8) is 0 Å². The first kappa shape index (κ1) is 29.7. The molecule has 1 fully saturated rings. The predicted molar refractivity (Wildman–Crippen MR) is 136 cm³/mol. The van der Waals surface area contributed by atoms with Crippen LogP contribution < -0.4 is 15.4 Å². The molecule has 2 heterocycles. The lowest BCUT2D eigenvalue weighted by Gasteiger charge is -2.27. The van der Waals surface area contributed by atoms with Crippen LogP contribution in [0.4, 0.5) is 18.0 Å². The average Bonchev–Trinajstić information content (AvgIpc) is 3.30. The number of halogens is 3. The molecule has 1 aliphatic heterocycles. The summed E-state index contributed by atoms with van der Waals surface area (Å²) < 4.78 is 49.8. The highest BCUT2D eigenvalue weighted by Crippen LogP contribution is 2.26. The molecule has 1 saturated heterocycles. The zero-order chi connectivity index (χ0) is 29.0. The van der Waals surface area contributed by atoms with Crippen LogP contribution in [0.1, 0.15) is 61.8 Å². The lowest BCUT2D eigenvalue weighted by Crippen LogP contribution is -2.45. The number of amides is 3. The predicted octanol–water partition coefficient (Wildman–Crippen LogP) is 4.32. The number of carbonyl (C=O) groups is 3. The summed E-state index contributed by atoms with van der Waals surface area (Å²) in [5.74, 6) is -2.32. The number of rotatable bonds is 7. The number of nitrogens with zero attached hydrogens (tertiary/aromatic N) is 2. The second-order valence-electron chi connectivity index (χ2n) is 10.5. The van der Waals surface area contributed by atoms with Crippen molar-refractivity contribution in [3.8, 4) is 5.75 Å². The van der Waals surface area contributed by atoms with Gasteiger partial charge in [0.05, 0.1) is 12.2 Å². The molecule has 212 valence electrons. The standard InChI is InChI=1S/C27H33F3N4O5/c1-16-6-8-18(9-7-16)22(17(2)32-24(36)27(28,29)30)38-20-10-11-21(31-14-20)23(35)33-19-12-13-34(15-19)25(37)39-26(3,4)5/h6-11,14,17,19,22H,12-13,15H2,1-5H3,(H,32,36)(H,33,35)/t17?,19-,22?/m1/s1. The van der Waals surface area contributed by atoms with Crippen LogP contribution in [0.5, 0.6) is 5.75 Å². The molecule has 9 nitrogen and oxygen atoms in total. The zero-order valence-electron chi connectivity index (χ0n) is 22.5. The molecule has 3 atom stereocenters. The van der Waals surface area contributed by atoms with E-state index in [0.717, 1.165) is 5.56 Å². The van der Waals surface area contributed by atoms with Gasteiger partial charge in [-0.3, -0.25) is 9.59 Å². The molecule has 0 bridgehead atoms. The first-order chi connectivity index (χ1) is 18.1. The molecule has 3 amide bonds. The van der Waals surface area contributed by atoms with Gasteiger partial charge >= 0.3 is 18.2 Å². The summed E-state index contributed by atoms with van der Waals surface area (Å²) >= 11 is 0. The van der Waals surface area contributed by atoms with Crippen LogP contribution >= 0.6 is 0 Å². The van der Waals surface area contributed by atoms with Gasteiger partial charge in [-0.15, -0.1) is 0 Å². The van der Waals surface area contributed by atoms with E-state index in [1.165, 1.54) is 30.2 Å². The molecule has 39 heavy (non-hydrogen) atoms. The molecule has 2 N–H and O–H groups in total. The molecule has 0 spiro atoms. The number of ether oxygens (including phenoxy) is 2. The van der Waals surface area contributed by atoms with Crippen LogP contribution in [-0.2, 0) is 9.53 Å². The average molecular weight is 551 g/mol. The number of nitrogens with one attached hydrogen (secondary N) is 2. The second-order valence-corrected chi connectivity index (χ2v) is 10.5. The fourth-order valence-corrected chi connectivity index (χ4v) is 3.94. The van der Waals surface area contributed by atoms with Crippen molar-refractivity contribution in [2.45, 2.75) is 71.0 Å². The number of benzene rings is 1. The van der Waals surface area contributed by atoms with E-state index >= 15 is 0 Å². The van der Waals surface area contributed by atoms with Gasteiger partial charge in [-0.2, -0.15) is 13.2 Å². The van der Waals surface area contributed by atoms with E-state index in [1.54, 1.807) is 45.0 Å². The number of carbonyl (C=O) groups excluding carboxylic acids is 3. The van der Waals surface area contributed by atoms with Crippen molar-refractivity contribution in [3.05, 3.63) is 59.4 Å². The fraction of sp³-hybridized carbons (Fsp3) is 0.481. The number of hydrogen-bond donors (Lipinski definition) is 2. The number of pyridine rings is 1. The fourth-order valence-electron chi connectivity index (χ4n) is 3.94. The van der Waals surface area contributed by atoms with Gasteiger partial charge in [-0.05, 0) is 58.7 Å². The Morgan fingerprint density at radius 2 is 1.74 bits per heavy atom. The molecule has 1 aromatic heterocycles. The Balaban J connectivity index is 1.65. The molecule has 0 aliphatic carbocycles. The van der Waals surface area contributed by atoms with Crippen LogP contribution in [0.3, 0.4) is 0 Å². The molecule has 2 unspecified atom stereocenters. The quantitative estimate of drug-likeness (QED) is 0.532. The van der Waals surface area contributed by atoms with E-state index in [-0.39, 0.29) is 17.5 Å². The van der Waals surface area contributed by atoms with Crippen LogP contribution in [0, 0.1) is 6.92 Å². The van der Waals surface area contributed by atoms with Gasteiger partial charge in [0.15, 0.2) is 0 Å². The lowest BCUT2D eigenvalue weighted by molar-refractivity contribution is -0.174. The second kappa shape index (κ2) is 11.9. The number of likely N-dealkylation sites (tertiary alicyclic amines) is 1. The Kier molecular flexibility index (Phi) is 9.08. The van der Waals surface area contributed by atoms with E-state index < -0.39 is 41.8 Å². The Morgan fingerprint density at radius 1 is 1.08 bits per heavy atom. The van der Waals surface area contributed by atoms with Gasteiger partial charge in [0.2, 0.25) is 0 Å². The van der Waals surface area contributed by atoms with Crippen molar-refractivity contribution in [2.24, 2.45) is 0 Å². The Hall–Kier alpha value is -3.83. The van der Waals surface area contributed by atoms with E-state index in [1.807, 2.05) is 12.2 Å². The highest BCUT2D eigenvalue weighted by atomic mass is 19.4. The molecule has 1 aliphatic rings. The van der Waals surface area contributed by atoms with Gasteiger partial charge in [0, 0.05) is 19.1 Å². The van der Waals surface area contributed by atoms with Gasteiger partial charge in [0.1, 0.15) is 23.1 Å². The number of hydrogen-bond acceptors (Lipinski definition) is 6. The first-order valence-corrected chi connectivity index (χ1v) is 12.5. The smallest absolute Gasteiger partial charge is 0.471 e. The van der Waals surface area contributed by atoms with E-state index in [9.17, 15) is 27.6 Å². The Labute approximate surface area is 225 Å². The van der Waals surface area contributed by atoms with Crippen LogP contribution in [0.2, 0.25) is 0 Å². The van der Waals surface area contributed by atoms with Gasteiger partial charge < -0.3 is 25.0 Å². The molecular formula is C27H33F3N4O5. The largest absolute Gasteiger partial charge is 0.482 e. The maximum Gasteiger partial charge on any atom is 0.471 e. The minimum atomic E-state index is -5.04. The third-order valence-electron chi connectivity index (χ3n) is 5.88. The molecule has 1 aromatic carbocycles. The summed E-state index contributed by atoms with van der Waals surface area (Å²) in [6, 6.07) is 8.55. The van der Waals surface area contributed by atoms with Crippen molar-refractivity contribution >= 4 is 17.9 Å². The van der Waals surface area contributed by atoms with Gasteiger partial charge in [-0.25, -0.2) is 9.78 Å².